The molecule has 0 aromatic carbocycles. The molecule has 0 aromatic rings. The Morgan fingerprint density at radius 2 is 0.500 bits per heavy atom. The third kappa shape index (κ3) is 62.7. The maximum absolute atomic E-state index is 12.9. The molecule has 78 heavy (non-hydrogen) atoms. The molecule has 0 bridgehead atoms. The maximum atomic E-state index is 12.9. The summed E-state index contributed by atoms with van der Waals surface area (Å²) >= 11 is 0. The van der Waals surface area contributed by atoms with Gasteiger partial charge < -0.3 is 14.2 Å². The van der Waals surface area contributed by atoms with E-state index in [0.29, 0.717) is 19.3 Å². The van der Waals surface area contributed by atoms with Gasteiger partial charge in [0.2, 0.25) is 0 Å². The molecule has 0 N–H and O–H groups in total. The number of unbranched alkanes of at least 4 members (excludes halogenated alkanes) is 27. The number of carbonyl (C=O) groups excluding carboxylic acids is 3. The number of ether oxygens (including phenoxy) is 3. The first-order valence-corrected chi connectivity index (χ1v) is 32.5. The van der Waals surface area contributed by atoms with Crippen LogP contribution < -0.4 is 0 Å². The molecular formula is C72H120O6. The Morgan fingerprint density at radius 3 is 0.795 bits per heavy atom. The van der Waals surface area contributed by atoms with E-state index in [1.165, 1.54) is 122 Å². The number of hydrogen-bond donors (Lipinski definition) is 0. The minimum Gasteiger partial charge on any atom is -0.462 e. The average molecular weight is 1080 g/mol. The fourth-order valence-corrected chi connectivity index (χ4v) is 8.84. The van der Waals surface area contributed by atoms with Gasteiger partial charge in [-0.25, -0.2) is 0 Å². The Labute approximate surface area is 482 Å². The Hall–Kier alpha value is -4.19. The van der Waals surface area contributed by atoms with Crippen molar-refractivity contribution < 1.29 is 28.6 Å². The van der Waals surface area contributed by atoms with E-state index in [9.17, 15) is 14.4 Å². The van der Waals surface area contributed by atoms with E-state index in [0.717, 1.165) is 135 Å². The van der Waals surface area contributed by atoms with Crippen molar-refractivity contribution in [2.24, 2.45) is 0 Å². The monoisotopic (exact) mass is 1080 g/mol. The second kappa shape index (κ2) is 65.3. The normalized spacial score (nSPS) is 12.9. The SMILES string of the molecule is CC/C=C\C/C=C\C/C=C\C/C=C\C/C=C\C/C=C\C/C=C\C/C=C\C/C=C\CCCCCCCCCC(=O)OCC(COC(=O)CCCCCCCCCCC)OC(=O)CCCCCCC/C=C\CCCCCCCCC. The van der Waals surface area contributed by atoms with E-state index in [4.69, 9.17) is 14.2 Å². The van der Waals surface area contributed by atoms with Crippen molar-refractivity contribution in [3.05, 3.63) is 122 Å². The van der Waals surface area contributed by atoms with Gasteiger partial charge in [0.25, 0.3) is 0 Å². The molecule has 0 amide bonds. The third-order valence-electron chi connectivity index (χ3n) is 13.7. The zero-order chi connectivity index (χ0) is 56.4. The summed E-state index contributed by atoms with van der Waals surface area (Å²) in [6.45, 7) is 6.50. The van der Waals surface area contributed by atoms with Gasteiger partial charge in [0.15, 0.2) is 6.10 Å². The highest BCUT2D eigenvalue weighted by Gasteiger charge is 2.19. The first kappa shape index (κ1) is 73.8. The van der Waals surface area contributed by atoms with Crippen LogP contribution in [0.5, 0.6) is 0 Å². The van der Waals surface area contributed by atoms with Crippen molar-refractivity contribution >= 4 is 17.9 Å². The van der Waals surface area contributed by atoms with E-state index in [1.807, 2.05) is 0 Å². The second-order valence-corrected chi connectivity index (χ2v) is 21.3. The van der Waals surface area contributed by atoms with Crippen LogP contribution in [0.4, 0.5) is 0 Å². The molecule has 0 aliphatic rings. The minimum atomic E-state index is -0.786. The highest BCUT2D eigenvalue weighted by molar-refractivity contribution is 5.71. The van der Waals surface area contributed by atoms with Gasteiger partial charge in [-0.15, -0.1) is 0 Å². The summed E-state index contributed by atoms with van der Waals surface area (Å²) in [6, 6.07) is 0. The van der Waals surface area contributed by atoms with Crippen molar-refractivity contribution in [1.82, 2.24) is 0 Å². The molecule has 1 unspecified atom stereocenters. The van der Waals surface area contributed by atoms with Crippen LogP contribution >= 0.6 is 0 Å². The molecule has 0 fully saturated rings. The highest BCUT2D eigenvalue weighted by Crippen LogP contribution is 2.15. The molecular weight excluding hydrogens is 961 g/mol. The van der Waals surface area contributed by atoms with Crippen LogP contribution in [0.3, 0.4) is 0 Å². The largest absolute Gasteiger partial charge is 0.462 e. The molecule has 0 spiro atoms. The Bertz CT molecular complexity index is 1620. The number of hydrogen-bond acceptors (Lipinski definition) is 6. The second-order valence-electron chi connectivity index (χ2n) is 21.3. The lowest BCUT2D eigenvalue weighted by Crippen LogP contribution is -2.30. The van der Waals surface area contributed by atoms with E-state index >= 15 is 0 Å². The topological polar surface area (TPSA) is 78.9 Å². The summed E-state index contributed by atoms with van der Waals surface area (Å²) in [4.78, 5) is 38.1. The molecule has 0 rings (SSSR count). The van der Waals surface area contributed by atoms with Crippen LogP contribution in [0.15, 0.2) is 122 Å². The van der Waals surface area contributed by atoms with E-state index in [-0.39, 0.29) is 31.1 Å². The average Bonchev–Trinajstić information content (AvgIpc) is 3.44. The fourth-order valence-electron chi connectivity index (χ4n) is 8.84. The molecule has 1 atom stereocenters. The van der Waals surface area contributed by atoms with E-state index in [1.54, 1.807) is 0 Å². The van der Waals surface area contributed by atoms with Crippen LogP contribution in [-0.4, -0.2) is 37.2 Å². The molecule has 0 aromatic heterocycles. The molecule has 0 saturated carbocycles. The quantitative estimate of drug-likeness (QED) is 0.0261. The van der Waals surface area contributed by atoms with Gasteiger partial charge >= 0.3 is 17.9 Å². The van der Waals surface area contributed by atoms with E-state index in [2.05, 4.69) is 142 Å². The summed E-state index contributed by atoms with van der Waals surface area (Å²) < 4.78 is 16.8. The Kier molecular flexibility index (Phi) is 61.8. The lowest BCUT2D eigenvalue weighted by Gasteiger charge is -2.18. The number of esters is 3. The van der Waals surface area contributed by atoms with Crippen LogP contribution in [0.1, 0.15) is 297 Å². The van der Waals surface area contributed by atoms with Crippen molar-refractivity contribution in [2.75, 3.05) is 13.2 Å². The first-order valence-electron chi connectivity index (χ1n) is 32.5. The molecule has 0 heterocycles. The maximum Gasteiger partial charge on any atom is 0.306 e. The summed E-state index contributed by atoms with van der Waals surface area (Å²) in [6.07, 6.45) is 90.8. The third-order valence-corrected chi connectivity index (χ3v) is 13.7. The molecule has 444 valence electrons. The number of allylic oxidation sites excluding steroid dienone is 20. The van der Waals surface area contributed by atoms with Crippen LogP contribution in [0, 0.1) is 0 Å². The van der Waals surface area contributed by atoms with Crippen LogP contribution in [0.2, 0.25) is 0 Å². The van der Waals surface area contributed by atoms with Crippen LogP contribution in [-0.2, 0) is 28.6 Å². The van der Waals surface area contributed by atoms with Gasteiger partial charge in [-0.1, -0.05) is 284 Å². The minimum absolute atomic E-state index is 0.0836. The van der Waals surface area contributed by atoms with E-state index < -0.39 is 6.10 Å². The van der Waals surface area contributed by atoms with Gasteiger partial charge in [-0.05, 0) is 116 Å². The fraction of sp³-hybridized carbons (Fsp3) is 0.681. The smallest absolute Gasteiger partial charge is 0.306 e. The molecule has 0 saturated heterocycles. The standard InChI is InChI=1S/C72H120O6/c1-4-7-10-13-16-19-21-23-25-27-28-29-30-31-32-33-34-35-36-37-38-39-40-41-42-43-44-45-47-48-50-53-56-59-62-65-71(74)77-68-69(67-76-70(73)64-61-58-55-52-18-15-12-9-6-3)78-72(75)66-63-60-57-54-51-49-46-26-24-22-20-17-14-11-8-5-2/h7,10,16,19,23,25-26,28-29,31-32,34-35,37-38,40-41,43-44,46,69H,4-6,8-9,11-15,17-18,20-22,24,27,30,33,36,39,42,45,47-68H2,1-3H3/b10-7-,19-16-,25-23-,29-28-,32-31-,35-34-,38-37-,41-40-,44-43-,46-26-. The van der Waals surface area contributed by atoms with Crippen molar-refractivity contribution in [2.45, 2.75) is 303 Å². The molecule has 0 aliphatic carbocycles. The first-order chi connectivity index (χ1) is 38.5. The Balaban J connectivity index is 4.20. The Morgan fingerprint density at radius 1 is 0.269 bits per heavy atom. The van der Waals surface area contributed by atoms with Crippen molar-refractivity contribution in [1.29, 1.82) is 0 Å². The van der Waals surface area contributed by atoms with Gasteiger partial charge in [0.05, 0.1) is 0 Å². The summed E-state index contributed by atoms with van der Waals surface area (Å²) in [7, 11) is 0. The highest BCUT2D eigenvalue weighted by atomic mass is 16.6. The van der Waals surface area contributed by atoms with Crippen LogP contribution in [0.25, 0.3) is 0 Å². The lowest BCUT2D eigenvalue weighted by molar-refractivity contribution is -0.167. The molecule has 6 heteroatoms. The molecule has 6 nitrogen and oxygen atoms in total. The van der Waals surface area contributed by atoms with Gasteiger partial charge in [-0.2, -0.15) is 0 Å². The molecule has 0 radical (unpaired) electrons. The zero-order valence-electron chi connectivity index (χ0n) is 50.9. The summed E-state index contributed by atoms with van der Waals surface area (Å²) in [5.41, 5.74) is 0. The lowest BCUT2D eigenvalue weighted by atomic mass is 10.1. The predicted octanol–water partition coefficient (Wildman–Crippen LogP) is 22.4. The summed E-state index contributed by atoms with van der Waals surface area (Å²) in [5, 5.41) is 0. The summed E-state index contributed by atoms with van der Waals surface area (Å²) in [5.74, 6) is -0.902. The van der Waals surface area contributed by atoms with Crippen molar-refractivity contribution in [3.8, 4) is 0 Å². The van der Waals surface area contributed by atoms with Crippen molar-refractivity contribution in [3.63, 3.8) is 0 Å². The van der Waals surface area contributed by atoms with Gasteiger partial charge in [0.1, 0.15) is 13.2 Å². The number of rotatable bonds is 58. The molecule has 0 aliphatic heterocycles. The predicted molar refractivity (Wildman–Crippen MR) is 339 cm³/mol. The van der Waals surface area contributed by atoms with Gasteiger partial charge in [-0.3, -0.25) is 14.4 Å². The zero-order valence-corrected chi connectivity index (χ0v) is 50.9. The van der Waals surface area contributed by atoms with Gasteiger partial charge in [0, 0.05) is 19.3 Å². The number of carbonyl (C=O) groups is 3.